The Kier molecular flexibility index (Phi) is 8.42. The number of hydrogen-bond acceptors (Lipinski definition) is 4. The fourth-order valence-corrected chi connectivity index (χ4v) is 3.00. The first kappa shape index (κ1) is 22.3. The largest absolute Gasteiger partial charge is 0.490 e. The fourth-order valence-electron chi connectivity index (χ4n) is 2.68. The van der Waals surface area contributed by atoms with E-state index < -0.39 is 12.0 Å². The number of carboxylic acids is 1. The van der Waals surface area contributed by atoms with E-state index in [1.54, 1.807) is 12.1 Å². The van der Waals surface area contributed by atoms with Crippen LogP contribution in [0.4, 0.5) is 0 Å². The Hall–Kier alpha value is -1.95. The van der Waals surface area contributed by atoms with Crippen LogP contribution in [0.15, 0.2) is 36.4 Å². The Labute approximate surface area is 175 Å². The summed E-state index contributed by atoms with van der Waals surface area (Å²) in [6.07, 6.45) is 0. The van der Waals surface area contributed by atoms with Crippen molar-refractivity contribution in [1.29, 1.82) is 0 Å². The zero-order valence-electron chi connectivity index (χ0n) is 16.2. The van der Waals surface area contributed by atoms with Gasteiger partial charge in [-0.25, -0.2) is 0 Å². The standard InChI is InChI=1S/C21H25Cl2NO4/c1-4-27-19-10-14(11-24-20(13(2)3)21(25)26)6-8-18(19)28-12-15-5-7-16(22)17(23)9-15/h5-10,13,20,24H,4,11-12H2,1-3H3,(H,25,26). The number of nitrogens with one attached hydrogen (secondary N) is 1. The normalized spacial score (nSPS) is 12.1. The third-order valence-corrected chi connectivity index (χ3v) is 4.88. The van der Waals surface area contributed by atoms with Crippen LogP contribution in [0, 0.1) is 5.92 Å². The van der Waals surface area contributed by atoms with Gasteiger partial charge in [0.25, 0.3) is 0 Å². The predicted molar refractivity (Wildman–Crippen MR) is 112 cm³/mol. The van der Waals surface area contributed by atoms with E-state index in [0.29, 0.717) is 41.3 Å². The zero-order chi connectivity index (χ0) is 20.7. The first-order valence-corrected chi connectivity index (χ1v) is 9.86. The summed E-state index contributed by atoms with van der Waals surface area (Å²) in [5, 5.41) is 13.3. The highest BCUT2D eigenvalue weighted by Gasteiger charge is 2.20. The lowest BCUT2D eigenvalue weighted by molar-refractivity contribution is -0.140. The molecule has 2 rings (SSSR count). The molecular formula is C21H25Cl2NO4. The van der Waals surface area contributed by atoms with Gasteiger partial charge in [0.05, 0.1) is 16.7 Å². The van der Waals surface area contributed by atoms with Gasteiger partial charge in [0.15, 0.2) is 11.5 Å². The molecule has 0 heterocycles. The number of hydrogen-bond donors (Lipinski definition) is 2. The van der Waals surface area contributed by atoms with Crippen LogP contribution in [0.5, 0.6) is 11.5 Å². The highest BCUT2D eigenvalue weighted by atomic mass is 35.5. The van der Waals surface area contributed by atoms with Crippen molar-refractivity contribution in [3.63, 3.8) is 0 Å². The molecule has 2 aromatic carbocycles. The van der Waals surface area contributed by atoms with Gasteiger partial charge in [0, 0.05) is 6.54 Å². The Morgan fingerprint density at radius 2 is 1.75 bits per heavy atom. The molecule has 0 fully saturated rings. The molecule has 0 aliphatic rings. The maximum absolute atomic E-state index is 11.3. The number of carboxylic acid groups (broad SMARTS) is 1. The minimum atomic E-state index is -0.860. The Bertz CT molecular complexity index is 811. The molecule has 0 bridgehead atoms. The molecule has 2 aromatic rings. The van der Waals surface area contributed by atoms with E-state index in [9.17, 15) is 9.90 Å². The molecule has 5 nitrogen and oxygen atoms in total. The fraction of sp³-hybridized carbons (Fsp3) is 0.381. The SMILES string of the molecule is CCOc1cc(CNC(C(=O)O)C(C)C)ccc1OCc1ccc(Cl)c(Cl)c1. The van der Waals surface area contributed by atoms with Gasteiger partial charge in [-0.2, -0.15) is 0 Å². The van der Waals surface area contributed by atoms with E-state index >= 15 is 0 Å². The van der Waals surface area contributed by atoms with E-state index in [1.165, 1.54) is 0 Å². The molecule has 0 aliphatic carbocycles. The van der Waals surface area contributed by atoms with Crippen molar-refractivity contribution in [3.8, 4) is 11.5 Å². The van der Waals surface area contributed by atoms with Crippen LogP contribution in [0.2, 0.25) is 10.0 Å². The van der Waals surface area contributed by atoms with Gasteiger partial charge in [0.2, 0.25) is 0 Å². The summed E-state index contributed by atoms with van der Waals surface area (Å²) in [7, 11) is 0. The van der Waals surface area contributed by atoms with Crippen molar-refractivity contribution in [2.75, 3.05) is 6.61 Å². The molecule has 0 amide bonds. The Balaban J connectivity index is 2.08. The van der Waals surface area contributed by atoms with E-state index in [2.05, 4.69) is 5.32 Å². The lowest BCUT2D eigenvalue weighted by Crippen LogP contribution is -2.40. The molecule has 1 atom stereocenters. The summed E-state index contributed by atoms with van der Waals surface area (Å²) in [6, 6.07) is 10.3. The van der Waals surface area contributed by atoms with E-state index in [1.807, 2.05) is 45.0 Å². The van der Waals surface area contributed by atoms with E-state index in [0.717, 1.165) is 11.1 Å². The molecule has 0 aliphatic heterocycles. The molecule has 0 aromatic heterocycles. The van der Waals surface area contributed by atoms with Crippen molar-refractivity contribution in [2.45, 2.75) is 40.0 Å². The smallest absolute Gasteiger partial charge is 0.320 e. The quantitative estimate of drug-likeness (QED) is 0.549. The summed E-state index contributed by atoms with van der Waals surface area (Å²) < 4.78 is 11.6. The summed E-state index contributed by atoms with van der Waals surface area (Å²) in [5.41, 5.74) is 1.81. The topological polar surface area (TPSA) is 67.8 Å². The van der Waals surface area contributed by atoms with Gasteiger partial charge < -0.3 is 19.9 Å². The van der Waals surface area contributed by atoms with Gasteiger partial charge in [-0.05, 0) is 48.2 Å². The minimum absolute atomic E-state index is 0.0160. The second-order valence-corrected chi connectivity index (χ2v) is 7.51. The predicted octanol–water partition coefficient (Wildman–Crippen LogP) is 5.17. The Morgan fingerprint density at radius 1 is 1.04 bits per heavy atom. The highest BCUT2D eigenvalue weighted by Crippen LogP contribution is 2.30. The van der Waals surface area contributed by atoms with Gasteiger partial charge in [-0.15, -0.1) is 0 Å². The summed E-state index contributed by atoms with van der Waals surface area (Å²) in [6.45, 7) is 6.87. The van der Waals surface area contributed by atoms with Crippen molar-refractivity contribution >= 4 is 29.2 Å². The van der Waals surface area contributed by atoms with Crippen molar-refractivity contribution < 1.29 is 19.4 Å². The maximum Gasteiger partial charge on any atom is 0.320 e. The molecule has 7 heteroatoms. The van der Waals surface area contributed by atoms with Crippen molar-refractivity contribution in [3.05, 3.63) is 57.6 Å². The van der Waals surface area contributed by atoms with Gasteiger partial charge >= 0.3 is 5.97 Å². The van der Waals surface area contributed by atoms with Gasteiger partial charge in [0.1, 0.15) is 12.6 Å². The molecule has 0 saturated carbocycles. The average molecular weight is 426 g/mol. The summed E-state index contributed by atoms with van der Waals surface area (Å²) in [5.74, 6) is 0.341. The first-order chi connectivity index (χ1) is 13.3. The lowest BCUT2D eigenvalue weighted by Gasteiger charge is -2.19. The molecule has 0 saturated heterocycles. The van der Waals surface area contributed by atoms with Crippen LogP contribution >= 0.6 is 23.2 Å². The lowest BCUT2D eigenvalue weighted by atomic mass is 10.0. The monoisotopic (exact) mass is 425 g/mol. The number of ether oxygens (including phenoxy) is 2. The van der Waals surface area contributed by atoms with Crippen LogP contribution in [0.1, 0.15) is 31.9 Å². The van der Waals surface area contributed by atoms with E-state index in [4.69, 9.17) is 32.7 Å². The van der Waals surface area contributed by atoms with Gasteiger partial charge in [-0.1, -0.05) is 49.2 Å². The van der Waals surface area contributed by atoms with Crippen LogP contribution in [-0.4, -0.2) is 23.7 Å². The average Bonchev–Trinajstić information content (AvgIpc) is 2.63. The number of carbonyl (C=O) groups is 1. The second kappa shape index (κ2) is 10.6. The molecule has 28 heavy (non-hydrogen) atoms. The van der Waals surface area contributed by atoms with Crippen molar-refractivity contribution in [2.24, 2.45) is 5.92 Å². The highest BCUT2D eigenvalue weighted by molar-refractivity contribution is 6.42. The molecule has 0 radical (unpaired) electrons. The van der Waals surface area contributed by atoms with Crippen LogP contribution < -0.4 is 14.8 Å². The van der Waals surface area contributed by atoms with Crippen LogP contribution in [0.25, 0.3) is 0 Å². The second-order valence-electron chi connectivity index (χ2n) is 6.69. The minimum Gasteiger partial charge on any atom is -0.490 e. The summed E-state index contributed by atoms with van der Waals surface area (Å²) in [4.78, 5) is 11.3. The first-order valence-electron chi connectivity index (χ1n) is 9.10. The molecule has 2 N–H and O–H groups in total. The molecular weight excluding hydrogens is 401 g/mol. The summed E-state index contributed by atoms with van der Waals surface area (Å²) >= 11 is 12.0. The molecule has 152 valence electrons. The third-order valence-electron chi connectivity index (χ3n) is 4.15. The third kappa shape index (κ3) is 6.30. The maximum atomic E-state index is 11.3. The number of benzene rings is 2. The molecule has 0 spiro atoms. The number of rotatable bonds is 10. The van der Waals surface area contributed by atoms with E-state index in [-0.39, 0.29) is 5.92 Å². The molecule has 1 unspecified atom stereocenters. The van der Waals surface area contributed by atoms with Crippen LogP contribution in [-0.2, 0) is 17.9 Å². The van der Waals surface area contributed by atoms with Crippen LogP contribution in [0.3, 0.4) is 0 Å². The zero-order valence-corrected chi connectivity index (χ0v) is 17.7. The number of halogens is 2. The number of aliphatic carboxylic acids is 1. The van der Waals surface area contributed by atoms with Crippen molar-refractivity contribution in [1.82, 2.24) is 5.32 Å². The Morgan fingerprint density at radius 3 is 2.36 bits per heavy atom. The van der Waals surface area contributed by atoms with Gasteiger partial charge in [-0.3, -0.25) is 4.79 Å².